The van der Waals surface area contributed by atoms with Crippen molar-refractivity contribution in [2.24, 2.45) is 10.9 Å². The third-order valence-corrected chi connectivity index (χ3v) is 4.62. The van der Waals surface area contributed by atoms with Gasteiger partial charge in [-0.25, -0.2) is 14.4 Å². The van der Waals surface area contributed by atoms with Gasteiger partial charge < -0.3 is 25.3 Å². The van der Waals surface area contributed by atoms with Gasteiger partial charge in [0.15, 0.2) is 0 Å². The Hall–Kier alpha value is -3.60. The lowest BCUT2D eigenvalue weighted by molar-refractivity contribution is -0.143. The van der Waals surface area contributed by atoms with Crippen LogP contribution in [0.25, 0.3) is 11.1 Å². The summed E-state index contributed by atoms with van der Waals surface area (Å²) in [6.07, 6.45) is 4.17. The standard InChI is InChI=1S/C21H25FN6O4/c22-20-14(13-31-19(30)8-18(23)24)4-3-5-17(20)15-9-25-21(26-10-15)28-11-16(12-28)27-32-7-2-1-6-29/h3-5,9-10,29H,1-2,6-8,11-13H2,(H3,23,24). The van der Waals surface area contributed by atoms with E-state index < -0.39 is 11.8 Å². The first-order valence-electron chi connectivity index (χ1n) is 10.1. The highest BCUT2D eigenvalue weighted by molar-refractivity contribution is 5.98. The normalized spacial score (nSPS) is 12.8. The Kier molecular flexibility index (Phi) is 8.03. The van der Waals surface area contributed by atoms with Crippen molar-refractivity contribution in [3.8, 4) is 11.1 Å². The molecule has 2 heterocycles. The van der Waals surface area contributed by atoms with Gasteiger partial charge in [0.05, 0.1) is 18.8 Å². The third kappa shape index (κ3) is 6.20. The molecule has 170 valence electrons. The van der Waals surface area contributed by atoms with Gasteiger partial charge in [0.25, 0.3) is 0 Å². The van der Waals surface area contributed by atoms with Gasteiger partial charge in [-0.2, -0.15) is 0 Å². The molecule has 32 heavy (non-hydrogen) atoms. The van der Waals surface area contributed by atoms with Crippen LogP contribution >= 0.6 is 0 Å². The predicted octanol–water partition coefficient (Wildman–Crippen LogP) is 1.62. The second kappa shape index (κ2) is 11.1. The van der Waals surface area contributed by atoms with Gasteiger partial charge in [-0.3, -0.25) is 10.2 Å². The van der Waals surface area contributed by atoms with Gasteiger partial charge in [0, 0.05) is 35.7 Å². The van der Waals surface area contributed by atoms with Crippen LogP contribution in [0, 0.1) is 11.2 Å². The van der Waals surface area contributed by atoms with E-state index in [4.69, 9.17) is 25.8 Å². The van der Waals surface area contributed by atoms with Crippen LogP contribution < -0.4 is 10.6 Å². The average Bonchev–Trinajstić information content (AvgIpc) is 2.74. The van der Waals surface area contributed by atoms with Crippen molar-refractivity contribution in [1.82, 2.24) is 9.97 Å². The second-order valence-electron chi connectivity index (χ2n) is 7.19. The van der Waals surface area contributed by atoms with Crippen LogP contribution in [0.4, 0.5) is 10.3 Å². The van der Waals surface area contributed by atoms with Gasteiger partial charge in [0.1, 0.15) is 31.3 Å². The smallest absolute Gasteiger partial charge is 0.313 e. The van der Waals surface area contributed by atoms with E-state index >= 15 is 0 Å². The summed E-state index contributed by atoms with van der Waals surface area (Å²) in [6, 6.07) is 4.76. The third-order valence-electron chi connectivity index (χ3n) is 4.62. The number of unbranched alkanes of at least 4 members (excludes halogenated alkanes) is 1. The molecule has 3 rings (SSSR count). The molecular formula is C21H25FN6O4. The number of amidine groups is 1. The lowest BCUT2D eigenvalue weighted by Gasteiger charge is -2.31. The number of hydrogen-bond acceptors (Lipinski definition) is 9. The molecule has 1 aromatic heterocycles. The highest BCUT2D eigenvalue weighted by Crippen LogP contribution is 2.26. The summed E-state index contributed by atoms with van der Waals surface area (Å²) < 4.78 is 19.9. The minimum atomic E-state index is -0.692. The van der Waals surface area contributed by atoms with E-state index in [-0.39, 0.29) is 31.0 Å². The van der Waals surface area contributed by atoms with Gasteiger partial charge in [-0.15, -0.1) is 0 Å². The number of halogens is 1. The Labute approximate surface area is 184 Å². The van der Waals surface area contributed by atoms with E-state index in [1.54, 1.807) is 12.1 Å². The van der Waals surface area contributed by atoms with Gasteiger partial charge in [-0.1, -0.05) is 23.4 Å². The molecule has 10 nitrogen and oxygen atoms in total. The molecule has 4 N–H and O–H groups in total. The van der Waals surface area contributed by atoms with E-state index in [1.165, 1.54) is 18.5 Å². The maximum absolute atomic E-state index is 14.9. The average molecular weight is 444 g/mol. The van der Waals surface area contributed by atoms with Crippen LogP contribution in [0.2, 0.25) is 0 Å². The predicted molar refractivity (Wildman–Crippen MR) is 116 cm³/mol. The molecule has 11 heteroatoms. The summed E-state index contributed by atoms with van der Waals surface area (Å²) in [6.45, 7) is 1.45. The van der Waals surface area contributed by atoms with Gasteiger partial charge in [0.2, 0.25) is 5.95 Å². The number of rotatable bonds is 11. The van der Waals surface area contributed by atoms with E-state index in [0.717, 1.165) is 12.1 Å². The molecule has 1 aliphatic rings. The molecule has 0 spiro atoms. The van der Waals surface area contributed by atoms with E-state index in [0.29, 0.717) is 43.2 Å². The van der Waals surface area contributed by atoms with Crippen molar-refractivity contribution in [3.63, 3.8) is 0 Å². The number of anilines is 1. The van der Waals surface area contributed by atoms with Crippen LogP contribution in [0.1, 0.15) is 24.8 Å². The lowest BCUT2D eigenvalue weighted by atomic mass is 10.1. The molecule has 1 aliphatic heterocycles. The monoisotopic (exact) mass is 444 g/mol. The van der Waals surface area contributed by atoms with Crippen LogP contribution in [-0.2, 0) is 21.0 Å². The topological polar surface area (TPSA) is 147 Å². The summed E-state index contributed by atoms with van der Waals surface area (Å²) in [5.41, 5.74) is 7.01. The molecule has 0 radical (unpaired) electrons. The van der Waals surface area contributed by atoms with Crippen LogP contribution in [0.5, 0.6) is 0 Å². The summed E-state index contributed by atoms with van der Waals surface area (Å²) >= 11 is 0. The SMILES string of the molecule is N=C(N)CC(=O)OCc1cccc(-c2cnc(N3CC(=NOCCCCO)C3)nc2)c1F. The maximum Gasteiger partial charge on any atom is 0.313 e. The zero-order valence-electron chi connectivity index (χ0n) is 17.5. The molecule has 1 fully saturated rings. The highest BCUT2D eigenvalue weighted by atomic mass is 19.1. The number of benzene rings is 1. The Bertz CT molecular complexity index is 975. The highest BCUT2D eigenvalue weighted by Gasteiger charge is 2.25. The number of nitrogens with zero attached hydrogens (tertiary/aromatic N) is 4. The van der Waals surface area contributed by atoms with Crippen molar-refractivity contribution in [2.45, 2.75) is 25.9 Å². The number of nitrogens with one attached hydrogen (secondary N) is 1. The number of hydrogen-bond donors (Lipinski definition) is 3. The fraction of sp³-hybridized carbons (Fsp3) is 0.381. The molecule has 0 saturated carbocycles. The number of esters is 1. The first kappa shape index (κ1) is 23.1. The number of carbonyl (C=O) groups excluding carboxylic acids is 1. The molecule has 0 amide bonds. The van der Waals surface area contributed by atoms with E-state index in [9.17, 15) is 9.18 Å². The zero-order valence-corrected chi connectivity index (χ0v) is 17.5. The van der Waals surface area contributed by atoms with E-state index in [1.807, 2.05) is 4.90 Å². The second-order valence-corrected chi connectivity index (χ2v) is 7.19. The Balaban J connectivity index is 1.57. The Morgan fingerprint density at radius 2 is 2.03 bits per heavy atom. The lowest BCUT2D eigenvalue weighted by Crippen LogP contribution is -2.48. The largest absolute Gasteiger partial charge is 0.460 e. The fourth-order valence-corrected chi connectivity index (χ4v) is 2.91. The number of aliphatic hydroxyl groups is 1. The van der Waals surface area contributed by atoms with Crippen molar-refractivity contribution in [1.29, 1.82) is 5.41 Å². The van der Waals surface area contributed by atoms with Crippen LogP contribution in [0.15, 0.2) is 35.7 Å². The number of carbonyl (C=O) groups is 1. The minimum Gasteiger partial charge on any atom is -0.460 e. The van der Waals surface area contributed by atoms with Crippen LogP contribution in [0.3, 0.4) is 0 Å². The molecule has 1 saturated heterocycles. The summed E-state index contributed by atoms with van der Waals surface area (Å²) in [7, 11) is 0. The molecule has 1 aromatic carbocycles. The summed E-state index contributed by atoms with van der Waals surface area (Å²) in [4.78, 5) is 27.3. The maximum atomic E-state index is 14.9. The van der Waals surface area contributed by atoms with Crippen molar-refractivity contribution in [2.75, 3.05) is 31.2 Å². The molecular weight excluding hydrogens is 419 g/mol. The number of ether oxygens (including phenoxy) is 1. The van der Waals surface area contributed by atoms with Crippen LogP contribution in [-0.4, -0.2) is 58.9 Å². The van der Waals surface area contributed by atoms with E-state index in [2.05, 4.69) is 15.1 Å². The minimum absolute atomic E-state index is 0.143. The number of aliphatic hydroxyl groups excluding tert-OH is 1. The van der Waals surface area contributed by atoms with Crippen molar-refractivity contribution >= 4 is 23.5 Å². The first-order chi connectivity index (χ1) is 15.5. The van der Waals surface area contributed by atoms with Gasteiger partial charge >= 0.3 is 5.97 Å². The van der Waals surface area contributed by atoms with Gasteiger partial charge in [-0.05, 0) is 12.8 Å². The quantitative estimate of drug-likeness (QED) is 0.156. The molecule has 0 aliphatic carbocycles. The summed E-state index contributed by atoms with van der Waals surface area (Å²) in [5.74, 6) is -1.03. The van der Waals surface area contributed by atoms with Crippen molar-refractivity contribution in [3.05, 3.63) is 42.0 Å². The molecule has 0 atom stereocenters. The first-order valence-corrected chi connectivity index (χ1v) is 10.1. The summed E-state index contributed by atoms with van der Waals surface area (Å²) in [5, 5.41) is 19.9. The Morgan fingerprint density at radius 3 is 2.72 bits per heavy atom. The number of aromatic nitrogens is 2. The molecule has 0 unspecified atom stereocenters. The fourth-order valence-electron chi connectivity index (χ4n) is 2.91. The number of nitrogens with two attached hydrogens (primary N) is 1. The number of oxime groups is 1. The van der Waals surface area contributed by atoms with Crippen molar-refractivity contribution < 1.29 is 23.9 Å². The molecule has 0 bridgehead atoms. The molecule has 2 aromatic rings. The zero-order chi connectivity index (χ0) is 22.9. The Morgan fingerprint density at radius 1 is 1.28 bits per heavy atom.